The number of pyridine rings is 1. The molecular formula is C13H13BrN4O3S. The van der Waals surface area contributed by atoms with Crippen molar-refractivity contribution in [3.8, 4) is 5.88 Å². The second-order valence-corrected chi connectivity index (χ2v) is 6.88. The van der Waals surface area contributed by atoms with Gasteiger partial charge in [-0.25, -0.2) is 4.98 Å². The minimum Gasteiger partial charge on any atom is -0.444 e. The molecule has 0 N–H and O–H groups in total. The van der Waals surface area contributed by atoms with E-state index >= 15 is 0 Å². The number of thiazole rings is 1. The lowest BCUT2D eigenvalue weighted by Gasteiger charge is -2.17. The van der Waals surface area contributed by atoms with Crippen LogP contribution in [-0.4, -0.2) is 21.9 Å². The number of halogens is 1. The summed E-state index contributed by atoms with van der Waals surface area (Å²) >= 11 is 4.75. The van der Waals surface area contributed by atoms with Gasteiger partial charge in [0.25, 0.3) is 0 Å². The first-order valence-electron chi connectivity index (χ1n) is 6.17. The molecule has 0 bridgehead atoms. The highest BCUT2D eigenvalue weighted by Gasteiger charge is 2.21. The molecule has 22 heavy (non-hydrogen) atoms. The maximum Gasteiger partial charge on any atom is 0.311 e. The van der Waals surface area contributed by atoms with Gasteiger partial charge in [-0.3, -0.25) is 10.1 Å². The van der Waals surface area contributed by atoms with E-state index in [4.69, 9.17) is 4.74 Å². The summed E-state index contributed by atoms with van der Waals surface area (Å²) in [5.41, 5.74) is -0.0832. The van der Waals surface area contributed by atoms with Crippen molar-refractivity contribution in [1.82, 2.24) is 9.97 Å². The summed E-state index contributed by atoms with van der Waals surface area (Å²) in [6, 6.07) is 2.83. The molecule has 0 fully saturated rings. The zero-order valence-electron chi connectivity index (χ0n) is 11.9. The van der Waals surface area contributed by atoms with E-state index in [1.54, 1.807) is 25.1 Å². The fourth-order valence-electron chi connectivity index (χ4n) is 1.75. The Kier molecular flexibility index (Phi) is 5.09. The lowest BCUT2D eigenvalue weighted by Crippen LogP contribution is -2.18. The molecule has 2 aromatic heterocycles. The van der Waals surface area contributed by atoms with E-state index in [2.05, 4.69) is 32.5 Å². The highest BCUT2D eigenvalue weighted by Crippen LogP contribution is 2.30. The molecule has 7 nitrogen and oxygen atoms in total. The Balaban J connectivity index is 2.32. The van der Waals surface area contributed by atoms with E-state index in [9.17, 15) is 10.1 Å². The van der Waals surface area contributed by atoms with Crippen LogP contribution in [0, 0.1) is 10.1 Å². The summed E-state index contributed by atoms with van der Waals surface area (Å²) < 4.78 is 6.08. The van der Waals surface area contributed by atoms with Crippen LogP contribution < -0.4 is 9.64 Å². The molecule has 2 aromatic rings. The van der Waals surface area contributed by atoms with E-state index in [0.29, 0.717) is 12.3 Å². The maximum absolute atomic E-state index is 11.2. The Hall–Kier alpha value is -2.00. The van der Waals surface area contributed by atoms with Gasteiger partial charge < -0.3 is 9.64 Å². The quantitative estimate of drug-likeness (QED) is 0.428. The zero-order valence-corrected chi connectivity index (χ0v) is 14.3. The summed E-state index contributed by atoms with van der Waals surface area (Å²) in [5.74, 6) is 0.958. The average molecular weight is 385 g/mol. The first-order chi connectivity index (χ1) is 10.4. The number of nitro groups is 1. The molecule has 0 unspecified atom stereocenters. The molecule has 116 valence electrons. The molecular weight excluding hydrogens is 372 g/mol. The number of anilines is 1. The van der Waals surface area contributed by atoms with Crippen LogP contribution in [0.1, 0.15) is 11.8 Å². The lowest BCUT2D eigenvalue weighted by molar-refractivity contribution is -0.384. The minimum absolute atomic E-state index is 0.0832. The summed E-state index contributed by atoms with van der Waals surface area (Å²) in [6.07, 6.45) is 1.71. The molecule has 0 radical (unpaired) electrons. The van der Waals surface area contributed by atoms with Crippen molar-refractivity contribution >= 4 is 38.8 Å². The second kappa shape index (κ2) is 6.84. The molecule has 9 heteroatoms. The van der Waals surface area contributed by atoms with Crippen LogP contribution in [0.4, 0.5) is 11.5 Å². The fraction of sp³-hybridized carbons (Fsp3) is 0.231. The summed E-state index contributed by atoms with van der Waals surface area (Å²) in [6.45, 7) is 5.77. The Bertz CT molecular complexity index is 719. The van der Waals surface area contributed by atoms with Crippen LogP contribution in [0.2, 0.25) is 0 Å². The van der Waals surface area contributed by atoms with Crippen LogP contribution in [-0.2, 0) is 6.54 Å². The molecule has 0 atom stereocenters. The van der Waals surface area contributed by atoms with Gasteiger partial charge in [0, 0.05) is 30.3 Å². The van der Waals surface area contributed by atoms with Gasteiger partial charge in [-0.05, 0) is 22.9 Å². The van der Waals surface area contributed by atoms with E-state index in [-0.39, 0.29) is 17.4 Å². The number of allylic oxidation sites excluding steroid dienone is 1. The SMILES string of the molecule is C=C(C)Oc1ccc([N+](=O)[O-])c(N(C)Cc2cnc(Br)s2)n1. The average Bonchev–Trinajstić information content (AvgIpc) is 2.83. The highest BCUT2D eigenvalue weighted by atomic mass is 79.9. The van der Waals surface area contributed by atoms with Gasteiger partial charge in [0.15, 0.2) is 3.92 Å². The molecule has 2 heterocycles. The highest BCUT2D eigenvalue weighted by molar-refractivity contribution is 9.11. The largest absolute Gasteiger partial charge is 0.444 e. The normalized spacial score (nSPS) is 10.3. The first-order valence-corrected chi connectivity index (χ1v) is 7.78. The number of ether oxygens (including phenoxy) is 1. The summed E-state index contributed by atoms with van der Waals surface area (Å²) in [4.78, 5) is 21.7. The van der Waals surface area contributed by atoms with Gasteiger partial charge >= 0.3 is 5.69 Å². The zero-order chi connectivity index (χ0) is 16.3. The third kappa shape index (κ3) is 4.01. The monoisotopic (exact) mass is 384 g/mol. The molecule has 0 aliphatic heterocycles. The smallest absolute Gasteiger partial charge is 0.311 e. The van der Waals surface area contributed by atoms with E-state index < -0.39 is 4.92 Å². The molecule has 0 aromatic carbocycles. The minimum atomic E-state index is -0.466. The molecule has 0 spiro atoms. The van der Waals surface area contributed by atoms with Crippen LogP contribution >= 0.6 is 27.3 Å². The van der Waals surface area contributed by atoms with Crippen LogP contribution in [0.5, 0.6) is 5.88 Å². The third-order valence-corrected chi connectivity index (χ3v) is 4.05. The Labute approximate surface area is 139 Å². The van der Waals surface area contributed by atoms with Crippen molar-refractivity contribution in [2.75, 3.05) is 11.9 Å². The van der Waals surface area contributed by atoms with Crippen LogP contribution in [0.3, 0.4) is 0 Å². The van der Waals surface area contributed by atoms with E-state index in [1.807, 2.05) is 0 Å². The molecule has 0 aliphatic carbocycles. The number of aromatic nitrogens is 2. The van der Waals surface area contributed by atoms with Crippen molar-refractivity contribution in [3.05, 3.63) is 49.6 Å². The molecule has 0 amide bonds. The lowest BCUT2D eigenvalue weighted by atomic mass is 10.3. The summed E-state index contributed by atoms with van der Waals surface area (Å²) in [7, 11) is 1.73. The van der Waals surface area contributed by atoms with Crippen molar-refractivity contribution in [1.29, 1.82) is 0 Å². The van der Waals surface area contributed by atoms with Gasteiger partial charge in [-0.2, -0.15) is 4.98 Å². The Morgan fingerprint density at radius 3 is 2.86 bits per heavy atom. The Morgan fingerprint density at radius 2 is 2.32 bits per heavy atom. The number of nitrogens with zero attached hydrogens (tertiary/aromatic N) is 4. The first kappa shape index (κ1) is 16.4. The Morgan fingerprint density at radius 1 is 1.59 bits per heavy atom. The molecule has 0 saturated heterocycles. The number of hydrogen-bond acceptors (Lipinski definition) is 7. The van der Waals surface area contributed by atoms with Gasteiger partial charge in [0.05, 0.1) is 17.2 Å². The number of hydrogen-bond donors (Lipinski definition) is 0. The van der Waals surface area contributed by atoms with Crippen molar-refractivity contribution in [2.24, 2.45) is 0 Å². The van der Waals surface area contributed by atoms with Crippen molar-refractivity contribution in [3.63, 3.8) is 0 Å². The summed E-state index contributed by atoms with van der Waals surface area (Å²) in [5, 5.41) is 11.2. The van der Waals surface area contributed by atoms with Gasteiger partial charge in [0.1, 0.15) is 0 Å². The predicted molar refractivity (Wildman–Crippen MR) is 88.3 cm³/mol. The topological polar surface area (TPSA) is 81.4 Å². The molecule has 0 aliphatic rings. The maximum atomic E-state index is 11.2. The number of rotatable bonds is 6. The second-order valence-electron chi connectivity index (χ2n) is 4.49. The van der Waals surface area contributed by atoms with Crippen LogP contribution in [0.25, 0.3) is 0 Å². The fourth-order valence-corrected chi connectivity index (χ4v) is 3.16. The standard InChI is InChI=1S/C13H13BrN4O3S/c1-8(2)21-11-5-4-10(18(19)20)12(16-11)17(3)7-9-6-15-13(14)22-9/h4-6H,1,7H2,2-3H3. The van der Waals surface area contributed by atoms with Gasteiger partial charge in [0.2, 0.25) is 11.7 Å². The van der Waals surface area contributed by atoms with E-state index in [0.717, 1.165) is 8.79 Å². The van der Waals surface area contributed by atoms with E-state index in [1.165, 1.54) is 23.5 Å². The van der Waals surface area contributed by atoms with Gasteiger partial charge in [-0.15, -0.1) is 11.3 Å². The molecule has 0 saturated carbocycles. The van der Waals surface area contributed by atoms with Crippen molar-refractivity contribution in [2.45, 2.75) is 13.5 Å². The van der Waals surface area contributed by atoms with Gasteiger partial charge in [-0.1, -0.05) is 6.58 Å². The molecule has 2 rings (SSSR count). The van der Waals surface area contributed by atoms with Crippen molar-refractivity contribution < 1.29 is 9.66 Å². The van der Waals surface area contributed by atoms with Crippen LogP contribution in [0.15, 0.2) is 34.6 Å². The predicted octanol–water partition coefficient (Wildman–Crippen LogP) is 3.76. The third-order valence-electron chi connectivity index (χ3n) is 2.58.